The number of hydrogen-bond donors (Lipinski definition) is 1. The van der Waals surface area contributed by atoms with Crippen molar-refractivity contribution in [1.82, 2.24) is 4.90 Å². The van der Waals surface area contributed by atoms with Crippen LogP contribution in [0.3, 0.4) is 0 Å². The second-order valence-electron chi connectivity index (χ2n) is 5.80. The van der Waals surface area contributed by atoms with E-state index in [1.807, 2.05) is 13.8 Å². The number of likely N-dealkylation sites (tertiary alicyclic amines) is 1. The minimum atomic E-state index is -0.596. The monoisotopic (exact) mass is 253 g/mol. The van der Waals surface area contributed by atoms with E-state index in [0.29, 0.717) is 0 Å². The van der Waals surface area contributed by atoms with Gasteiger partial charge in [0.1, 0.15) is 0 Å². The van der Waals surface area contributed by atoms with Gasteiger partial charge in [-0.25, -0.2) is 0 Å². The fourth-order valence-corrected chi connectivity index (χ4v) is 3.01. The highest BCUT2D eigenvalue weighted by molar-refractivity contribution is 6.00. The van der Waals surface area contributed by atoms with Gasteiger partial charge in [0.2, 0.25) is 11.8 Å². The number of piperidine rings is 1. The van der Waals surface area contributed by atoms with Gasteiger partial charge in [-0.1, -0.05) is 26.7 Å². The number of aliphatic hydroxyl groups is 1. The lowest BCUT2D eigenvalue weighted by Crippen LogP contribution is -2.54. The average molecular weight is 253 g/mol. The van der Waals surface area contributed by atoms with Crippen LogP contribution >= 0.6 is 0 Å². The molecule has 1 saturated heterocycles. The summed E-state index contributed by atoms with van der Waals surface area (Å²) in [5, 5.41) is 10.0. The Balaban J connectivity index is 2.06. The van der Waals surface area contributed by atoms with Crippen molar-refractivity contribution in [2.75, 3.05) is 6.54 Å². The molecule has 0 aromatic heterocycles. The third kappa shape index (κ3) is 2.44. The van der Waals surface area contributed by atoms with Crippen molar-refractivity contribution in [2.45, 2.75) is 52.1 Å². The van der Waals surface area contributed by atoms with E-state index in [0.717, 1.165) is 32.1 Å². The Morgan fingerprint density at radius 2 is 1.83 bits per heavy atom. The van der Waals surface area contributed by atoms with Gasteiger partial charge >= 0.3 is 0 Å². The molecule has 4 nitrogen and oxygen atoms in total. The predicted molar refractivity (Wildman–Crippen MR) is 67.6 cm³/mol. The molecule has 2 fully saturated rings. The predicted octanol–water partition coefficient (Wildman–Crippen LogP) is 1.57. The average Bonchev–Trinajstić information content (AvgIpc) is 2.40. The summed E-state index contributed by atoms with van der Waals surface area (Å²) >= 11 is 0. The summed E-state index contributed by atoms with van der Waals surface area (Å²) in [7, 11) is 0. The molecular formula is C14H23NO3. The van der Waals surface area contributed by atoms with Gasteiger partial charge in [-0.15, -0.1) is 0 Å². The number of β-amino-alcohol motifs (C(OH)–C–C–N with tert-alkyl or cyclic N) is 1. The van der Waals surface area contributed by atoms with Crippen molar-refractivity contribution in [3.63, 3.8) is 0 Å². The van der Waals surface area contributed by atoms with Gasteiger partial charge in [-0.05, 0) is 25.2 Å². The summed E-state index contributed by atoms with van der Waals surface area (Å²) in [4.78, 5) is 25.7. The summed E-state index contributed by atoms with van der Waals surface area (Å²) in [6.07, 6.45) is 3.77. The van der Waals surface area contributed by atoms with Gasteiger partial charge in [-0.3, -0.25) is 14.5 Å². The molecule has 18 heavy (non-hydrogen) atoms. The summed E-state index contributed by atoms with van der Waals surface area (Å²) in [6, 6.07) is 0. The van der Waals surface area contributed by atoms with Gasteiger partial charge in [0.05, 0.1) is 12.6 Å². The number of hydrogen-bond acceptors (Lipinski definition) is 3. The van der Waals surface area contributed by atoms with Crippen LogP contribution < -0.4 is 0 Å². The van der Waals surface area contributed by atoms with Crippen LogP contribution in [0.1, 0.15) is 46.0 Å². The Bertz CT molecular complexity index is 320. The molecule has 1 aliphatic heterocycles. The number of carbonyl (C=O) groups excluding carboxylic acids is 2. The smallest absolute Gasteiger partial charge is 0.232 e. The van der Waals surface area contributed by atoms with Crippen LogP contribution in [0.15, 0.2) is 0 Å². The zero-order valence-electron chi connectivity index (χ0n) is 11.3. The maximum Gasteiger partial charge on any atom is 0.232 e. The molecule has 4 heteroatoms. The largest absolute Gasteiger partial charge is 0.391 e. The summed E-state index contributed by atoms with van der Waals surface area (Å²) < 4.78 is 0. The van der Waals surface area contributed by atoms with Crippen molar-refractivity contribution in [1.29, 1.82) is 0 Å². The molecule has 0 aromatic carbocycles. The topological polar surface area (TPSA) is 57.6 Å². The lowest BCUT2D eigenvalue weighted by molar-refractivity contribution is -0.160. The Kier molecular flexibility index (Phi) is 4.05. The highest BCUT2D eigenvalue weighted by Crippen LogP contribution is 2.36. The van der Waals surface area contributed by atoms with Gasteiger partial charge < -0.3 is 5.11 Å². The van der Waals surface area contributed by atoms with Gasteiger partial charge in [-0.2, -0.15) is 0 Å². The Hall–Kier alpha value is -0.900. The molecule has 2 amide bonds. The molecule has 1 saturated carbocycles. The first-order valence-corrected chi connectivity index (χ1v) is 7.07. The molecule has 1 aliphatic carbocycles. The van der Waals surface area contributed by atoms with Crippen molar-refractivity contribution < 1.29 is 14.7 Å². The maximum absolute atomic E-state index is 12.2. The van der Waals surface area contributed by atoms with E-state index >= 15 is 0 Å². The Morgan fingerprint density at radius 1 is 1.28 bits per heavy atom. The Labute approximate surface area is 108 Å². The number of fused-ring (bicyclic) bond motifs is 2. The first-order chi connectivity index (χ1) is 8.54. The highest BCUT2D eigenvalue weighted by Gasteiger charge is 2.43. The number of rotatable bonds is 4. The SMILES string of the molecule is CCC(C)C(O)CN1C(=O)C2CCCC(C2)C1=O. The normalized spacial score (nSPS) is 31.4. The zero-order chi connectivity index (χ0) is 13.3. The number of nitrogens with zero attached hydrogens (tertiary/aromatic N) is 1. The van der Waals surface area contributed by atoms with Gasteiger partial charge in [0.25, 0.3) is 0 Å². The van der Waals surface area contributed by atoms with E-state index in [-0.39, 0.29) is 36.1 Å². The van der Waals surface area contributed by atoms with Crippen molar-refractivity contribution in [3.8, 4) is 0 Å². The van der Waals surface area contributed by atoms with E-state index in [1.165, 1.54) is 4.90 Å². The molecule has 102 valence electrons. The molecule has 4 unspecified atom stereocenters. The van der Waals surface area contributed by atoms with Crippen LogP contribution in [0.25, 0.3) is 0 Å². The van der Waals surface area contributed by atoms with E-state index in [4.69, 9.17) is 0 Å². The lowest BCUT2D eigenvalue weighted by Gasteiger charge is -2.40. The van der Waals surface area contributed by atoms with Crippen LogP contribution in [0.2, 0.25) is 0 Å². The number of aliphatic hydroxyl groups excluding tert-OH is 1. The molecule has 2 aliphatic rings. The fraction of sp³-hybridized carbons (Fsp3) is 0.857. The molecule has 2 rings (SSSR count). The van der Waals surface area contributed by atoms with Crippen molar-refractivity contribution in [2.24, 2.45) is 17.8 Å². The molecule has 2 bridgehead atoms. The van der Waals surface area contributed by atoms with Gasteiger partial charge in [0, 0.05) is 11.8 Å². The summed E-state index contributed by atoms with van der Waals surface area (Å²) in [5.74, 6) is 0.0418. The third-order valence-corrected chi connectivity index (χ3v) is 4.58. The minimum absolute atomic E-state index is 0.0191. The zero-order valence-corrected chi connectivity index (χ0v) is 11.3. The standard InChI is InChI=1S/C14H23NO3/c1-3-9(2)12(16)8-15-13(17)10-5-4-6-11(7-10)14(15)18/h9-12,16H,3-8H2,1-2H3. The highest BCUT2D eigenvalue weighted by atomic mass is 16.3. The van der Waals surface area contributed by atoms with Crippen LogP contribution in [0, 0.1) is 17.8 Å². The summed E-state index contributed by atoms with van der Waals surface area (Å²) in [6.45, 7) is 4.13. The first-order valence-electron chi connectivity index (χ1n) is 7.07. The van der Waals surface area contributed by atoms with Crippen LogP contribution in [0.5, 0.6) is 0 Å². The maximum atomic E-state index is 12.2. The molecule has 0 radical (unpaired) electrons. The quantitative estimate of drug-likeness (QED) is 0.774. The molecule has 1 N–H and O–H groups in total. The summed E-state index contributed by atoms with van der Waals surface area (Å²) in [5.41, 5.74) is 0. The molecular weight excluding hydrogens is 230 g/mol. The molecule has 0 aromatic rings. The minimum Gasteiger partial charge on any atom is -0.391 e. The fourth-order valence-electron chi connectivity index (χ4n) is 3.01. The van der Waals surface area contributed by atoms with E-state index in [2.05, 4.69) is 0 Å². The van der Waals surface area contributed by atoms with E-state index in [1.54, 1.807) is 0 Å². The third-order valence-electron chi connectivity index (χ3n) is 4.58. The second kappa shape index (κ2) is 5.39. The van der Waals surface area contributed by atoms with Crippen molar-refractivity contribution >= 4 is 11.8 Å². The van der Waals surface area contributed by atoms with Crippen LogP contribution in [-0.4, -0.2) is 34.5 Å². The van der Waals surface area contributed by atoms with E-state index < -0.39 is 6.10 Å². The van der Waals surface area contributed by atoms with E-state index in [9.17, 15) is 14.7 Å². The van der Waals surface area contributed by atoms with Gasteiger partial charge in [0.15, 0.2) is 0 Å². The number of amides is 2. The molecule has 0 spiro atoms. The number of carbonyl (C=O) groups is 2. The van der Waals surface area contributed by atoms with Crippen molar-refractivity contribution in [3.05, 3.63) is 0 Å². The number of imide groups is 1. The second-order valence-corrected chi connectivity index (χ2v) is 5.80. The van der Waals surface area contributed by atoms with Crippen LogP contribution in [-0.2, 0) is 9.59 Å². The van der Waals surface area contributed by atoms with Crippen LogP contribution in [0.4, 0.5) is 0 Å². The molecule has 4 atom stereocenters. The lowest BCUT2D eigenvalue weighted by atomic mass is 9.76. The first kappa shape index (κ1) is 13.5. The molecule has 1 heterocycles. The Morgan fingerprint density at radius 3 is 2.33 bits per heavy atom.